The molecule has 0 aliphatic carbocycles. The minimum atomic E-state index is -2.94. The summed E-state index contributed by atoms with van der Waals surface area (Å²) in [6.07, 6.45) is 1.10. The van der Waals surface area contributed by atoms with Gasteiger partial charge in [-0.2, -0.15) is 8.78 Å². The Balaban J connectivity index is 2.00. The van der Waals surface area contributed by atoms with Gasteiger partial charge >= 0.3 is 0 Å². The molecule has 1 saturated heterocycles. The Hall–Kier alpha value is -1.04. The molecule has 0 amide bonds. The molecule has 3 nitrogen and oxygen atoms in total. The van der Waals surface area contributed by atoms with Crippen molar-refractivity contribution < 1.29 is 18.6 Å². The molecule has 5 heteroatoms. The molecule has 1 fully saturated rings. The first kappa shape index (κ1) is 14.4. The number of aliphatic hydroxyl groups excluding tert-OH is 1. The van der Waals surface area contributed by atoms with E-state index in [1.54, 1.807) is 18.2 Å². The second-order valence-corrected chi connectivity index (χ2v) is 4.97. The van der Waals surface area contributed by atoms with Gasteiger partial charge in [-0.25, -0.2) is 0 Å². The molecule has 106 valence electrons. The lowest BCUT2D eigenvalue weighted by Crippen LogP contribution is -2.54. The van der Waals surface area contributed by atoms with Gasteiger partial charge in [0.15, 0.2) is 0 Å². The standard InChI is InChI=1S/C14H19F2NO2/c15-14(16,12-4-2-1-3-5-12)10-17-13(11-18)6-8-19-9-7-13/h1-5,17-18H,6-11H2. The van der Waals surface area contributed by atoms with E-state index < -0.39 is 18.0 Å². The molecular formula is C14H19F2NO2. The third-order valence-electron chi connectivity index (χ3n) is 3.63. The molecule has 0 saturated carbocycles. The molecule has 19 heavy (non-hydrogen) atoms. The van der Waals surface area contributed by atoms with Gasteiger partial charge in [-0.1, -0.05) is 30.3 Å². The summed E-state index contributed by atoms with van der Waals surface area (Å²) in [5.41, 5.74) is -0.654. The fraction of sp³-hybridized carbons (Fsp3) is 0.571. The van der Waals surface area contributed by atoms with Crippen LogP contribution in [0.3, 0.4) is 0 Å². The Kier molecular flexibility index (Phi) is 4.50. The predicted molar refractivity (Wildman–Crippen MR) is 68.2 cm³/mol. The molecule has 1 aromatic carbocycles. The first-order chi connectivity index (χ1) is 9.08. The number of alkyl halides is 2. The van der Waals surface area contributed by atoms with E-state index in [1.165, 1.54) is 12.1 Å². The Labute approximate surface area is 111 Å². The molecule has 0 radical (unpaired) electrons. The van der Waals surface area contributed by atoms with Gasteiger partial charge in [-0.15, -0.1) is 0 Å². The zero-order valence-electron chi connectivity index (χ0n) is 10.7. The predicted octanol–water partition coefficient (Wildman–Crippen LogP) is 1.91. The fourth-order valence-electron chi connectivity index (χ4n) is 2.24. The van der Waals surface area contributed by atoms with E-state index in [2.05, 4.69) is 5.32 Å². The van der Waals surface area contributed by atoms with Crippen molar-refractivity contribution in [2.45, 2.75) is 24.3 Å². The van der Waals surface area contributed by atoms with Gasteiger partial charge in [0.1, 0.15) is 0 Å². The third-order valence-corrected chi connectivity index (χ3v) is 3.63. The largest absolute Gasteiger partial charge is 0.394 e. The van der Waals surface area contributed by atoms with Gasteiger partial charge in [-0.05, 0) is 12.8 Å². The zero-order chi connectivity index (χ0) is 13.8. The second kappa shape index (κ2) is 5.94. The monoisotopic (exact) mass is 271 g/mol. The fourth-order valence-corrected chi connectivity index (χ4v) is 2.24. The van der Waals surface area contributed by atoms with Crippen molar-refractivity contribution in [1.29, 1.82) is 0 Å². The van der Waals surface area contributed by atoms with E-state index in [1.807, 2.05) is 0 Å². The van der Waals surface area contributed by atoms with Crippen molar-refractivity contribution >= 4 is 0 Å². The highest BCUT2D eigenvalue weighted by molar-refractivity contribution is 5.20. The van der Waals surface area contributed by atoms with Crippen molar-refractivity contribution in [3.63, 3.8) is 0 Å². The summed E-state index contributed by atoms with van der Waals surface area (Å²) in [4.78, 5) is 0. The van der Waals surface area contributed by atoms with E-state index in [-0.39, 0.29) is 12.2 Å². The van der Waals surface area contributed by atoms with Crippen LogP contribution < -0.4 is 5.32 Å². The maximum absolute atomic E-state index is 14.0. The molecule has 1 aliphatic heterocycles. The highest BCUT2D eigenvalue weighted by Crippen LogP contribution is 2.29. The van der Waals surface area contributed by atoms with E-state index in [9.17, 15) is 13.9 Å². The molecule has 0 atom stereocenters. The molecule has 2 N–H and O–H groups in total. The van der Waals surface area contributed by atoms with Crippen LogP contribution in [0.5, 0.6) is 0 Å². The normalized spacial score (nSPS) is 19.3. The maximum Gasteiger partial charge on any atom is 0.285 e. The lowest BCUT2D eigenvalue weighted by Gasteiger charge is -2.37. The van der Waals surface area contributed by atoms with Crippen LogP contribution in [0.1, 0.15) is 18.4 Å². The highest BCUT2D eigenvalue weighted by Gasteiger charge is 2.37. The topological polar surface area (TPSA) is 41.5 Å². The van der Waals surface area contributed by atoms with Crippen molar-refractivity contribution in [3.05, 3.63) is 35.9 Å². The summed E-state index contributed by atoms with van der Waals surface area (Å²) < 4.78 is 33.3. The summed E-state index contributed by atoms with van der Waals surface area (Å²) in [5, 5.41) is 12.3. The number of nitrogens with one attached hydrogen (secondary N) is 1. The first-order valence-electron chi connectivity index (χ1n) is 6.45. The molecule has 0 spiro atoms. The van der Waals surface area contributed by atoms with Crippen LogP contribution in [0.2, 0.25) is 0 Å². The number of hydrogen-bond acceptors (Lipinski definition) is 3. The molecule has 1 aliphatic rings. The van der Waals surface area contributed by atoms with Crippen molar-refractivity contribution in [2.24, 2.45) is 0 Å². The maximum atomic E-state index is 14.0. The number of halogens is 2. The van der Waals surface area contributed by atoms with E-state index in [0.29, 0.717) is 26.1 Å². The van der Waals surface area contributed by atoms with Crippen LogP contribution in [0.25, 0.3) is 0 Å². The van der Waals surface area contributed by atoms with E-state index >= 15 is 0 Å². The smallest absolute Gasteiger partial charge is 0.285 e. The molecule has 0 aromatic heterocycles. The summed E-state index contributed by atoms with van der Waals surface area (Å²) in [6.45, 7) is 0.355. The Morgan fingerprint density at radius 2 is 1.84 bits per heavy atom. The SMILES string of the molecule is OCC1(NCC(F)(F)c2ccccc2)CCOCC1. The number of hydrogen-bond donors (Lipinski definition) is 2. The third kappa shape index (κ3) is 3.49. The van der Waals surface area contributed by atoms with Crippen molar-refractivity contribution in [1.82, 2.24) is 5.32 Å². The summed E-state index contributed by atoms with van der Waals surface area (Å²) in [5.74, 6) is -2.94. The average molecular weight is 271 g/mol. The molecule has 0 bridgehead atoms. The van der Waals surface area contributed by atoms with Crippen LogP contribution >= 0.6 is 0 Å². The molecular weight excluding hydrogens is 252 g/mol. The van der Waals surface area contributed by atoms with E-state index in [0.717, 1.165) is 0 Å². The minimum Gasteiger partial charge on any atom is -0.394 e. The van der Waals surface area contributed by atoms with Crippen molar-refractivity contribution in [2.75, 3.05) is 26.4 Å². The summed E-state index contributed by atoms with van der Waals surface area (Å²) in [6, 6.07) is 7.73. The second-order valence-electron chi connectivity index (χ2n) is 4.97. The van der Waals surface area contributed by atoms with Gasteiger partial charge in [0, 0.05) is 24.3 Å². The number of rotatable bonds is 5. The van der Waals surface area contributed by atoms with Crippen LogP contribution in [0, 0.1) is 0 Å². The Morgan fingerprint density at radius 1 is 1.21 bits per heavy atom. The van der Waals surface area contributed by atoms with Gasteiger partial charge in [0.05, 0.1) is 13.2 Å². The summed E-state index contributed by atoms with van der Waals surface area (Å²) >= 11 is 0. The summed E-state index contributed by atoms with van der Waals surface area (Å²) in [7, 11) is 0. The lowest BCUT2D eigenvalue weighted by molar-refractivity contribution is -0.0355. The van der Waals surface area contributed by atoms with Gasteiger partial charge in [0.25, 0.3) is 5.92 Å². The molecule has 1 aromatic rings. The molecule has 1 heterocycles. The lowest BCUT2D eigenvalue weighted by atomic mass is 9.90. The zero-order valence-corrected chi connectivity index (χ0v) is 10.7. The van der Waals surface area contributed by atoms with Crippen LogP contribution in [0.15, 0.2) is 30.3 Å². The quantitative estimate of drug-likeness (QED) is 0.859. The van der Waals surface area contributed by atoms with Gasteiger partial charge in [0.2, 0.25) is 0 Å². The number of ether oxygens (including phenoxy) is 1. The van der Waals surface area contributed by atoms with Crippen LogP contribution in [-0.2, 0) is 10.7 Å². The minimum absolute atomic E-state index is 0.0114. The van der Waals surface area contributed by atoms with Crippen LogP contribution in [0.4, 0.5) is 8.78 Å². The van der Waals surface area contributed by atoms with Crippen molar-refractivity contribution in [3.8, 4) is 0 Å². The Morgan fingerprint density at radius 3 is 2.42 bits per heavy atom. The van der Waals surface area contributed by atoms with Gasteiger partial charge in [-0.3, -0.25) is 0 Å². The molecule has 2 rings (SSSR count). The Bertz CT molecular complexity index is 392. The number of benzene rings is 1. The first-order valence-corrected chi connectivity index (χ1v) is 6.45. The number of aliphatic hydroxyl groups is 1. The van der Waals surface area contributed by atoms with E-state index in [4.69, 9.17) is 4.74 Å². The average Bonchev–Trinajstić information content (AvgIpc) is 2.47. The molecule has 0 unspecified atom stereocenters. The van der Waals surface area contributed by atoms with Gasteiger partial charge < -0.3 is 15.2 Å². The highest BCUT2D eigenvalue weighted by atomic mass is 19.3. The van der Waals surface area contributed by atoms with Crippen LogP contribution in [-0.4, -0.2) is 37.0 Å².